The van der Waals surface area contributed by atoms with Crippen LogP contribution in [0.1, 0.15) is 34.1 Å². The van der Waals surface area contributed by atoms with Crippen LogP contribution in [-0.2, 0) is 4.79 Å². The number of amides is 2. The van der Waals surface area contributed by atoms with E-state index in [4.69, 9.17) is 10.2 Å². The summed E-state index contributed by atoms with van der Waals surface area (Å²) in [6.45, 7) is 7.47. The largest absolute Gasteiger partial charge is 0.480 e. The summed E-state index contributed by atoms with van der Waals surface area (Å²) in [5.74, 6) is -0.860. The molecule has 0 bridgehead atoms. The minimum atomic E-state index is -1.04. The van der Waals surface area contributed by atoms with Gasteiger partial charge in [-0.05, 0) is 26.2 Å². The van der Waals surface area contributed by atoms with E-state index in [9.17, 15) is 9.59 Å². The fourth-order valence-corrected chi connectivity index (χ4v) is 1.63. The zero-order chi connectivity index (χ0) is 14.3. The smallest absolute Gasteiger partial charge is 0.326 e. The van der Waals surface area contributed by atoms with Crippen molar-refractivity contribution in [1.29, 1.82) is 0 Å². The first kappa shape index (κ1) is 16.7. The number of urea groups is 1. The number of nitrogens with one attached hydrogen (secondary N) is 1. The minimum absolute atomic E-state index is 0.0920. The van der Waals surface area contributed by atoms with E-state index in [2.05, 4.69) is 5.32 Å². The van der Waals surface area contributed by atoms with Crippen LogP contribution >= 0.6 is 0 Å². The van der Waals surface area contributed by atoms with E-state index < -0.39 is 18.0 Å². The molecule has 2 amide bonds. The molecule has 0 fully saturated rings. The molecule has 106 valence electrons. The first-order valence-corrected chi connectivity index (χ1v) is 6.20. The summed E-state index contributed by atoms with van der Waals surface area (Å²) in [6.07, 6.45) is 0.381. The zero-order valence-electron chi connectivity index (χ0n) is 11.5. The lowest BCUT2D eigenvalue weighted by molar-refractivity contribution is -0.139. The van der Waals surface area contributed by atoms with Crippen LogP contribution in [-0.4, -0.2) is 52.3 Å². The fourth-order valence-electron chi connectivity index (χ4n) is 1.63. The van der Waals surface area contributed by atoms with Crippen molar-refractivity contribution in [3.8, 4) is 0 Å². The molecular formula is C12H24N2O4. The predicted octanol–water partition coefficient (Wildman–Crippen LogP) is 0.898. The number of carbonyl (C=O) groups is 2. The van der Waals surface area contributed by atoms with Crippen molar-refractivity contribution in [2.45, 2.75) is 46.2 Å². The molecule has 0 radical (unpaired) electrons. The molecule has 0 unspecified atom stereocenters. The van der Waals surface area contributed by atoms with Crippen molar-refractivity contribution in [3.05, 3.63) is 0 Å². The average molecular weight is 260 g/mol. The van der Waals surface area contributed by atoms with Gasteiger partial charge in [0.05, 0.1) is 6.61 Å². The van der Waals surface area contributed by atoms with Gasteiger partial charge >= 0.3 is 12.0 Å². The van der Waals surface area contributed by atoms with Gasteiger partial charge in [0.15, 0.2) is 0 Å². The van der Waals surface area contributed by atoms with Crippen molar-refractivity contribution in [1.82, 2.24) is 10.2 Å². The summed E-state index contributed by atoms with van der Waals surface area (Å²) in [4.78, 5) is 24.4. The Kier molecular flexibility index (Phi) is 7.35. The van der Waals surface area contributed by atoms with Gasteiger partial charge in [-0.3, -0.25) is 0 Å². The van der Waals surface area contributed by atoms with E-state index >= 15 is 0 Å². The molecule has 0 saturated carbocycles. The maximum Gasteiger partial charge on any atom is 0.326 e. The maximum absolute atomic E-state index is 11.9. The highest BCUT2D eigenvalue weighted by atomic mass is 16.4. The minimum Gasteiger partial charge on any atom is -0.480 e. The van der Waals surface area contributed by atoms with Crippen molar-refractivity contribution in [2.75, 3.05) is 13.2 Å². The van der Waals surface area contributed by atoms with Crippen LogP contribution < -0.4 is 5.32 Å². The van der Waals surface area contributed by atoms with Crippen LogP contribution in [0.2, 0.25) is 0 Å². The van der Waals surface area contributed by atoms with Gasteiger partial charge in [0, 0.05) is 12.6 Å². The van der Waals surface area contributed by atoms with Gasteiger partial charge in [-0.2, -0.15) is 0 Å². The molecule has 3 N–H and O–H groups in total. The number of aliphatic hydroxyl groups is 1. The van der Waals surface area contributed by atoms with Gasteiger partial charge in [0.25, 0.3) is 0 Å². The zero-order valence-corrected chi connectivity index (χ0v) is 11.5. The summed E-state index contributed by atoms with van der Waals surface area (Å²) in [7, 11) is 0. The lowest BCUT2D eigenvalue weighted by Gasteiger charge is -2.28. The molecule has 0 aromatic carbocycles. The SMILES string of the molecule is CC(C)C[C@@H](NC(=O)N(CCO)C(C)C)C(=O)O. The maximum atomic E-state index is 11.9. The molecule has 0 rings (SSSR count). The lowest BCUT2D eigenvalue weighted by atomic mass is 10.0. The standard InChI is InChI=1S/C12H24N2O4/c1-8(2)7-10(11(16)17)13-12(18)14(5-6-15)9(3)4/h8-10,15H,5-7H2,1-4H3,(H,13,18)(H,16,17)/t10-/m1/s1. The molecule has 18 heavy (non-hydrogen) atoms. The number of hydrogen-bond acceptors (Lipinski definition) is 3. The predicted molar refractivity (Wildman–Crippen MR) is 68.3 cm³/mol. The molecule has 0 aliphatic rings. The van der Waals surface area contributed by atoms with E-state index in [1.54, 1.807) is 0 Å². The number of aliphatic hydroxyl groups excluding tert-OH is 1. The molecule has 0 heterocycles. The lowest BCUT2D eigenvalue weighted by Crippen LogP contribution is -2.51. The highest BCUT2D eigenvalue weighted by Crippen LogP contribution is 2.06. The quantitative estimate of drug-likeness (QED) is 0.634. The second-order valence-corrected chi connectivity index (χ2v) is 4.98. The second kappa shape index (κ2) is 7.92. The van der Waals surface area contributed by atoms with Crippen LogP contribution in [0.5, 0.6) is 0 Å². The van der Waals surface area contributed by atoms with Crippen LogP contribution in [0.15, 0.2) is 0 Å². The first-order valence-electron chi connectivity index (χ1n) is 6.20. The van der Waals surface area contributed by atoms with E-state index in [0.717, 1.165) is 0 Å². The number of rotatable bonds is 7. The van der Waals surface area contributed by atoms with Crippen LogP contribution in [0.4, 0.5) is 4.79 Å². The number of carboxylic acids is 1. The Labute approximate surface area is 108 Å². The van der Waals surface area contributed by atoms with Gasteiger partial charge in [0.1, 0.15) is 6.04 Å². The third kappa shape index (κ3) is 5.86. The Balaban J connectivity index is 4.60. The van der Waals surface area contributed by atoms with E-state index in [0.29, 0.717) is 6.42 Å². The average Bonchev–Trinajstić information content (AvgIpc) is 2.23. The van der Waals surface area contributed by atoms with Crippen molar-refractivity contribution >= 4 is 12.0 Å². The number of carboxylic acid groups (broad SMARTS) is 1. The Hall–Kier alpha value is -1.30. The highest BCUT2D eigenvalue weighted by Gasteiger charge is 2.24. The molecule has 6 heteroatoms. The summed E-state index contributed by atoms with van der Waals surface area (Å²) in [5.41, 5.74) is 0. The van der Waals surface area contributed by atoms with Crippen molar-refractivity contribution in [3.63, 3.8) is 0 Å². The van der Waals surface area contributed by atoms with Crippen LogP contribution in [0.3, 0.4) is 0 Å². The Morgan fingerprint density at radius 3 is 2.11 bits per heavy atom. The van der Waals surface area contributed by atoms with Gasteiger partial charge in [-0.25, -0.2) is 9.59 Å². The number of aliphatic carboxylic acids is 1. The topological polar surface area (TPSA) is 89.9 Å². The summed E-state index contributed by atoms with van der Waals surface area (Å²) >= 11 is 0. The number of carbonyl (C=O) groups excluding carboxylic acids is 1. The van der Waals surface area contributed by atoms with Crippen LogP contribution in [0, 0.1) is 5.92 Å². The highest BCUT2D eigenvalue weighted by molar-refractivity contribution is 5.82. The number of hydrogen-bond donors (Lipinski definition) is 3. The number of nitrogens with zero attached hydrogens (tertiary/aromatic N) is 1. The Morgan fingerprint density at radius 1 is 1.22 bits per heavy atom. The Bertz CT molecular complexity index is 279. The van der Waals surface area contributed by atoms with Gasteiger partial charge < -0.3 is 20.4 Å². The molecule has 0 saturated heterocycles. The third-order valence-electron chi connectivity index (χ3n) is 2.53. The molecule has 0 spiro atoms. The van der Waals surface area contributed by atoms with Gasteiger partial charge in [-0.1, -0.05) is 13.8 Å². The summed E-state index contributed by atoms with van der Waals surface area (Å²) < 4.78 is 0. The molecule has 0 aliphatic carbocycles. The molecule has 6 nitrogen and oxygen atoms in total. The molecule has 0 aromatic rings. The van der Waals surface area contributed by atoms with Crippen LogP contribution in [0.25, 0.3) is 0 Å². The third-order valence-corrected chi connectivity index (χ3v) is 2.53. The molecule has 0 aliphatic heterocycles. The Morgan fingerprint density at radius 2 is 1.78 bits per heavy atom. The summed E-state index contributed by atoms with van der Waals surface area (Å²) in [5, 5.41) is 20.4. The summed E-state index contributed by atoms with van der Waals surface area (Å²) in [6, 6.07) is -1.44. The molecular weight excluding hydrogens is 236 g/mol. The molecule has 1 atom stereocenters. The monoisotopic (exact) mass is 260 g/mol. The van der Waals surface area contributed by atoms with E-state index in [1.165, 1.54) is 4.90 Å². The fraction of sp³-hybridized carbons (Fsp3) is 0.833. The first-order chi connectivity index (χ1) is 8.29. The van der Waals surface area contributed by atoms with E-state index in [-0.39, 0.29) is 25.1 Å². The normalized spacial score (nSPS) is 12.6. The van der Waals surface area contributed by atoms with E-state index in [1.807, 2.05) is 27.7 Å². The van der Waals surface area contributed by atoms with Gasteiger partial charge in [-0.15, -0.1) is 0 Å². The van der Waals surface area contributed by atoms with Crippen molar-refractivity contribution < 1.29 is 19.8 Å². The second-order valence-electron chi connectivity index (χ2n) is 4.98. The van der Waals surface area contributed by atoms with Crippen molar-refractivity contribution in [2.24, 2.45) is 5.92 Å². The van der Waals surface area contributed by atoms with Gasteiger partial charge in [0.2, 0.25) is 0 Å². The molecule has 0 aromatic heterocycles.